The van der Waals surface area contributed by atoms with Crippen molar-refractivity contribution in [1.29, 1.82) is 0 Å². The Kier molecular flexibility index (Phi) is 6.33. The first-order valence-corrected chi connectivity index (χ1v) is 9.31. The highest BCUT2D eigenvalue weighted by Crippen LogP contribution is 2.48. The van der Waals surface area contributed by atoms with Crippen molar-refractivity contribution < 1.29 is 19.1 Å². The highest BCUT2D eigenvalue weighted by Gasteiger charge is 2.50. The van der Waals surface area contributed by atoms with E-state index in [0.29, 0.717) is 0 Å². The molecule has 0 radical (unpaired) electrons. The normalized spacial score (nSPS) is 27.5. The van der Waals surface area contributed by atoms with Crippen molar-refractivity contribution in [2.24, 2.45) is 17.8 Å². The molecule has 0 aromatic heterocycles. The third-order valence-corrected chi connectivity index (χ3v) is 6.17. The average molecular weight is 350 g/mol. The zero-order valence-electron chi connectivity index (χ0n) is 14.8. The van der Waals surface area contributed by atoms with Crippen molar-refractivity contribution in [2.45, 2.75) is 44.1 Å². The SMILES string of the molecule is COC(=O)[C@H](C)[C@@H]1CC[C@@](C)(OC(C)=O)[C@@H]1CSc1ccccc1. The number of rotatable bonds is 6. The van der Waals surface area contributed by atoms with Crippen LogP contribution in [0.25, 0.3) is 0 Å². The minimum atomic E-state index is -0.527. The molecule has 24 heavy (non-hydrogen) atoms. The van der Waals surface area contributed by atoms with Gasteiger partial charge in [-0.1, -0.05) is 25.1 Å². The summed E-state index contributed by atoms with van der Waals surface area (Å²) in [4.78, 5) is 24.8. The topological polar surface area (TPSA) is 52.6 Å². The van der Waals surface area contributed by atoms with Crippen LogP contribution in [0.2, 0.25) is 0 Å². The molecule has 0 spiro atoms. The summed E-state index contributed by atoms with van der Waals surface area (Å²) in [5, 5.41) is 0. The van der Waals surface area contributed by atoms with E-state index in [0.717, 1.165) is 18.6 Å². The van der Waals surface area contributed by atoms with Gasteiger partial charge in [0.2, 0.25) is 0 Å². The van der Waals surface area contributed by atoms with Gasteiger partial charge in [0.15, 0.2) is 0 Å². The molecule has 0 bridgehead atoms. The van der Waals surface area contributed by atoms with Crippen LogP contribution in [-0.4, -0.2) is 30.4 Å². The van der Waals surface area contributed by atoms with Gasteiger partial charge in [-0.05, 0) is 37.8 Å². The van der Waals surface area contributed by atoms with E-state index in [1.54, 1.807) is 11.8 Å². The van der Waals surface area contributed by atoms with E-state index in [-0.39, 0.29) is 29.7 Å². The molecule has 0 heterocycles. The van der Waals surface area contributed by atoms with Crippen LogP contribution in [0.5, 0.6) is 0 Å². The Morgan fingerprint density at radius 1 is 1.33 bits per heavy atom. The smallest absolute Gasteiger partial charge is 0.308 e. The molecule has 1 fully saturated rings. The Morgan fingerprint density at radius 2 is 2.00 bits per heavy atom. The number of hydrogen-bond acceptors (Lipinski definition) is 5. The highest BCUT2D eigenvalue weighted by atomic mass is 32.2. The maximum atomic E-state index is 12.0. The van der Waals surface area contributed by atoms with Crippen LogP contribution in [-0.2, 0) is 19.1 Å². The lowest BCUT2D eigenvalue weighted by Gasteiger charge is -2.34. The lowest BCUT2D eigenvalue weighted by atomic mass is 9.81. The summed E-state index contributed by atoms with van der Waals surface area (Å²) in [6.45, 7) is 5.36. The second-order valence-electron chi connectivity index (χ2n) is 6.65. The van der Waals surface area contributed by atoms with Crippen LogP contribution >= 0.6 is 11.8 Å². The van der Waals surface area contributed by atoms with E-state index in [1.807, 2.05) is 32.0 Å². The maximum absolute atomic E-state index is 12.0. The van der Waals surface area contributed by atoms with E-state index in [4.69, 9.17) is 9.47 Å². The Hall–Kier alpha value is -1.49. The minimum absolute atomic E-state index is 0.112. The lowest BCUT2D eigenvalue weighted by Crippen LogP contribution is -2.40. The third-order valence-electron chi connectivity index (χ3n) is 5.04. The first-order chi connectivity index (χ1) is 11.4. The summed E-state index contributed by atoms with van der Waals surface area (Å²) in [5.41, 5.74) is -0.527. The molecule has 0 amide bonds. The summed E-state index contributed by atoms with van der Waals surface area (Å²) >= 11 is 1.74. The molecule has 0 N–H and O–H groups in total. The standard InChI is InChI=1S/C19H26O4S/c1-13(18(21)22-4)16-10-11-19(3,23-14(2)20)17(16)12-24-15-8-6-5-7-9-15/h5-9,13,16-17H,10-12H2,1-4H3/t13-,16+,17-,19-/m1/s1. The Bertz CT molecular complexity index is 574. The van der Waals surface area contributed by atoms with E-state index in [1.165, 1.54) is 18.9 Å². The fourth-order valence-corrected chi connectivity index (χ4v) is 5.03. The summed E-state index contributed by atoms with van der Waals surface area (Å²) in [6.07, 6.45) is 1.64. The van der Waals surface area contributed by atoms with Crippen molar-refractivity contribution in [3.63, 3.8) is 0 Å². The largest absolute Gasteiger partial charge is 0.469 e. The van der Waals surface area contributed by atoms with Gasteiger partial charge in [-0.3, -0.25) is 9.59 Å². The molecule has 132 valence electrons. The summed E-state index contributed by atoms with van der Waals surface area (Å²) < 4.78 is 10.6. The molecule has 2 rings (SSSR count). The number of carbonyl (C=O) groups excluding carboxylic acids is 2. The van der Waals surface area contributed by atoms with Gasteiger partial charge in [0.25, 0.3) is 0 Å². The predicted molar refractivity (Wildman–Crippen MR) is 94.7 cm³/mol. The zero-order valence-corrected chi connectivity index (χ0v) is 15.6. The van der Waals surface area contributed by atoms with E-state index in [9.17, 15) is 9.59 Å². The van der Waals surface area contributed by atoms with Crippen LogP contribution in [0.4, 0.5) is 0 Å². The molecular weight excluding hydrogens is 324 g/mol. The van der Waals surface area contributed by atoms with Crippen LogP contribution in [0, 0.1) is 17.8 Å². The van der Waals surface area contributed by atoms with Crippen molar-refractivity contribution in [2.75, 3.05) is 12.9 Å². The number of thioether (sulfide) groups is 1. The Labute approximate surface area is 148 Å². The number of hydrogen-bond donors (Lipinski definition) is 0. The van der Waals surface area contributed by atoms with Crippen molar-refractivity contribution in [3.05, 3.63) is 30.3 Å². The molecule has 4 atom stereocenters. The molecular formula is C19H26O4S. The van der Waals surface area contributed by atoms with Gasteiger partial charge in [0.05, 0.1) is 13.0 Å². The molecule has 1 aromatic rings. The summed E-state index contributed by atoms with van der Waals surface area (Å²) in [6, 6.07) is 10.2. The minimum Gasteiger partial charge on any atom is -0.469 e. The van der Waals surface area contributed by atoms with Crippen molar-refractivity contribution in [1.82, 2.24) is 0 Å². The first kappa shape index (κ1) is 18.8. The van der Waals surface area contributed by atoms with Crippen LogP contribution < -0.4 is 0 Å². The molecule has 0 aliphatic heterocycles. The predicted octanol–water partition coefficient (Wildman–Crippen LogP) is 3.94. The number of esters is 2. The Balaban J connectivity index is 2.18. The number of carbonyl (C=O) groups is 2. The van der Waals surface area contributed by atoms with Gasteiger partial charge in [-0.15, -0.1) is 11.8 Å². The van der Waals surface area contributed by atoms with Gasteiger partial charge in [-0.2, -0.15) is 0 Å². The van der Waals surface area contributed by atoms with Crippen LogP contribution in [0.3, 0.4) is 0 Å². The lowest BCUT2D eigenvalue weighted by molar-refractivity contribution is -0.159. The van der Waals surface area contributed by atoms with Crippen LogP contribution in [0.15, 0.2) is 35.2 Å². The molecule has 5 heteroatoms. The number of ether oxygens (including phenoxy) is 2. The van der Waals surface area contributed by atoms with Gasteiger partial charge in [-0.25, -0.2) is 0 Å². The summed E-state index contributed by atoms with van der Waals surface area (Å²) in [5.74, 6) is 0.410. The highest BCUT2D eigenvalue weighted by molar-refractivity contribution is 7.99. The maximum Gasteiger partial charge on any atom is 0.308 e. The van der Waals surface area contributed by atoms with Crippen molar-refractivity contribution >= 4 is 23.7 Å². The Morgan fingerprint density at radius 3 is 2.58 bits per heavy atom. The fraction of sp³-hybridized carbons (Fsp3) is 0.579. The van der Waals surface area contributed by atoms with Gasteiger partial charge >= 0.3 is 11.9 Å². The second kappa shape index (κ2) is 8.06. The average Bonchev–Trinajstić information content (AvgIpc) is 2.87. The fourth-order valence-electron chi connectivity index (χ4n) is 3.71. The quantitative estimate of drug-likeness (QED) is 0.575. The molecule has 1 aliphatic carbocycles. The molecule has 0 unspecified atom stereocenters. The first-order valence-electron chi connectivity index (χ1n) is 8.32. The van der Waals surface area contributed by atoms with Gasteiger partial charge in [0.1, 0.15) is 5.60 Å². The van der Waals surface area contributed by atoms with E-state index >= 15 is 0 Å². The van der Waals surface area contributed by atoms with E-state index < -0.39 is 5.60 Å². The van der Waals surface area contributed by atoms with E-state index in [2.05, 4.69) is 12.1 Å². The van der Waals surface area contributed by atoms with Crippen molar-refractivity contribution in [3.8, 4) is 0 Å². The monoisotopic (exact) mass is 350 g/mol. The van der Waals surface area contributed by atoms with Gasteiger partial charge in [0, 0.05) is 23.5 Å². The molecule has 1 aromatic carbocycles. The number of methoxy groups -OCH3 is 1. The molecule has 4 nitrogen and oxygen atoms in total. The number of benzene rings is 1. The zero-order chi connectivity index (χ0) is 17.7. The molecule has 0 saturated heterocycles. The molecule has 1 aliphatic rings. The summed E-state index contributed by atoms with van der Waals surface area (Å²) in [7, 11) is 1.42. The van der Waals surface area contributed by atoms with Gasteiger partial charge < -0.3 is 9.47 Å². The molecule has 1 saturated carbocycles. The van der Waals surface area contributed by atoms with Crippen LogP contribution in [0.1, 0.15) is 33.6 Å². The third kappa shape index (κ3) is 4.32. The second-order valence-corrected chi connectivity index (χ2v) is 7.74.